The van der Waals surface area contributed by atoms with Gasteiger partial charge in [0, 0.05) is 23.1 Å². The summed E-state index contributed by atoms with van der Waals surface area (Å²) in [7, 11) is 0. The van der Waals surface area contributed by atoms with Crippen molar-refractivity contribution >= 4 is 81.3 Å². The molecule has 4 rings (SSSR count). The number of imidazole rings is 1. The third kappa shape index (κ3) is 5.07. The Kier molecular flexibility index (Phi) is 7.39. The molecule has 5 nitrogen and oxygen atoms in total. The lowest BCUT2D eigenvalue weighted by Gasteiger charge is -2.32. The van der Waals surface area contributed by atoms with Crippen LogP contribution in [0.15, 0.2) is 28.7 Å². The van der Waals surface area contributed by atoms with Crippen molar-refractivity contribution in [2.45, 2.75) is 25.6 Å². The average molecular weight is 525 g/mol. The molecule has 1 aliphatic heterocycles. The van der Waals surface area contributed by atoms with Crippen LogP contribution in [0.5, 0.6) is 0 Å². The summed E-state index contributed by atoms with van der Waals surface area (Å²) in [6, 6.07) is 7.36. The van der Waals surface area contributed by atoms with E-state index in [9.17, 15) is 0 Å². The van der Waals surface area contributed by atoms with Crippen LogP contribution in [0.3, 0.4) is 0 Å². The van der Waals surface area contributed by atoms with Crippen molar-refractivity contribution in [3.8, 4) is 0 Å². The number of aromatic amines is 1. The third-order valence-electron chi connectivity index (χ3n) is 4.46. The summed E-state index contributed by atoms with van der Waals surface area (Å²) in [5.74, 6) is 0.783. The topological polar surface area (TPSA) is 54.0 Å². The minimum Gasteiger partial charge on any atom is -0.372 e. The molecule has 0 bridgehead atoms. The Morgan fingerprint density at radius 2 is 1.89 bits per heavy atom. The molecule has 28 heavy (non-hydrogen) atoms. The zero-order chi connectivity index (χ0) is 19.0. The molecule has 0 radical (unpaired) electrons. The van der Waals surface area contributed by atoms with Crippen LogP contribution in [-0.2, 0) is 11.3 Å². The highest BCUT2D eigenvalue weighted by Crippen LogP contribution is 2.27. The number of rotatable bonds is 4. The number of nitrogens with one attached hydrogen (secondary N) is 1. The van der Waals surface area contributed by atoms with Gasteiger partial charge in [-0.05, 0) is 58.6 Å². The van der Waals surface area contributed by atoms with Gasteiger partial charge >= 0.3 is 0 Å². The van der Waals surface area contributed by atoms with Gasteiger partial charge in [0.25, 0.3) is 0 Å². The minimum absolute atomic E-state index is 0. The SMILES string of the molecule is Clc1cc(Cl)cc(CO[C@H]2CCCN(c3nc4nc(Cl)c(Br)cc4[nH]3)C2)c1.S. The molecule has 1 saturated heterocycles. The lowest BCUT2D eigenvalue weighted by Crippen LogP contribution is -2.40. The highest BCUT2D eigenvalue weighted by Gasteiger charge is 2.23. The number of benzene rings is 1. The van der Waals surface area contributed by atoms with E-state index in [0.29, 0.717) is 27.5 Å². The monoisotopic (exact) mass is 522 g/mol. The first-order valence-corrected chi connectivity index (χ1v) is 10.4. The van der Waals surface area contributed by atoms with Gasteiger partial charge in [0.1, 0.15) is 5.15 Å². The summed E-state index contributed by atoms with van der Waals surface area (Å²) in [6.45, 7) is 2.14. The van der Waals surface area contributed by atoms with Crippen LogP contribution in [0.4, 0.5) is 5.95 Å². The number of H-pyrrole nitrogens is 1. The van der Waals surface area contributed by atoms with E-state index in [1.165, 1.54) is 0 Å². The van der Waals surface area contributed by atoms with E-state index in [2.05, 4.69) is 35.8 Å². The van der Waals surface area contributed by atoms with E-state index in [0.717, 1.165) is 47.4 Å². The van der Waals surface area contributed by atoms with Gasteiger partial charge in [0.15, 0.2) is 5.65 Å². The summed E-state index contributed by atoms with van der Waals surface area (Å²) in [5.41, 5.74) is 2.42. The number of ether oxygens (including phenoxy) is 1. The fraction of sp³-hybridized carbons (Fsp3) is 0.333. The molecule has 1 atom stereocenters. The van der Waals surface area contributed by atoms with Gasteiger partial charge in [-0.3, -0.25) is 0 Å². The highest BCUT2D eigenvalue weighted by molar-refractivity contribution is 9.10. The molecular weight excluding hydrogens is 507 g/mol. The van der Waals surface area contributed by atoms with E-state index < -0.39 is 0 Å². The summed E-state index contributed by atoms with van der Waals surface area (Å²) < 4.78 is 6.84. The fourth-order valence-corrected chi connectivity index (χ4v) is 4.23. The Balaban J connectivity index is 0.00000225. The quantitative estimate of drug-likeness (QED) is 0.427. The maximum Gasteiger partial charge on any atom is 0.205 e. The smallest absolute Gasteiger partial charge is 0.205 e. The second-order valence-electron chi connectivity index (χ2n) is 6.49. The summed E-state index contributed by atoms with van der Waals surface area (Å²) in [5, 5.41) is 1.64. The normalized spacial score (nSPS) is 17.0. The number of nitrogens with zero attached hydrogens (tertiary/aromatic N) is 3. The molecular formula is C18H18BrCl3N4OS. The first kappa shape index (κ1) is 22.0. The second-order valence-corrected chi connectivity index (χ2v) is 8.58. The predicted octanol–water partition coefficient (Wildman–Crippen LogP) is 5.98. The number of hydrogen-bond donors (Lipinski definition) is 1. The van der Waals surface area contributed by atoms with Crippen molar-refractivity contribution in [1.82, 2.24) is 15.0 Å². The van der Waals surface area contributed by atoms with Gasteiger partial charge in [-0.1, -0.05) is 34.8 Å². The van der Waals surface area contributed by atoms with Crippen LogP contribution in [0.25, 0.3) is 11.2 Å². The number of piperidine rings is 1. The van der Waals surface area contributed by atoms with Crippen LogP contribution in [0, 0.1) is 0 Å². The molecule has 1 fully saturated rings. The lowest BCUT2D eigenvalue weighted by atomic mass is 10.1. The molecule has 3 aromatic rings. The van der Waals surface area contributed by atoms with Crippen LogP contribution in [0.2, 0.25) is 15.2 Å². The van der Waals surface area contributed by atoms with Crippen molar-refractivity contribution in [1.29, 1.82) is 0 Å². The number of fused-ring (bicyclic) bond motifs is 1. The van der Waals surface area contributed by atoms with Gasteiger partial charge < -0.3 is 14.6 Å². The molecule has 0 amide bonds. The van der Waals surface area contributed by atoms with Gasteiger partial charge in [0.05, 0.1) is 22.7 Å². The van der Waals surface area contributed by atoms with Crippen molar-refractivity contribution in [3.63, 3.8) is 0 Å². The molecule has 10 heteroatoms. The van der Waals surface area contributed by atoms with Crippen LogP contribution >= 0.6 is 64.2 Å². The second kappa shape index (κ2) is 9.41. The van der Waals surface area contributed by atoms with Gasteiger partial charge in [-0.25, -0.2) is 4.98 Å². The fourth-order valence-electron chi connectivity index (χ4n) is 3.21. The van der Waals surface area contributed by atoms with Gasteiger partial charge in [0.2, 0.25) is 5.95 Å². The number of aromatic nitrogens is 3. The van der Waals surface area contributed by atoms with Crippen LogP contribution < -0.4 is 4.90 Å². The van der Waals surface area contributed by atoms with Crippen molar-refractivity contribution in [2.75, 3.05) is 18.0 Å². The molecule has 150 valence electrons. The summed E-state index contributed by atoms with van der Waals surface area (Å²) in [6.07, 6.45) is 2.13. The number of hydrogen-bond acceptors (Lipinski definition) is 4. The van der Waals surface area contributed by atoms with Crippen molar-refractivity contribution < 1.29 is 4.74 Å². The standard InChI is InChI=1S/C18H16BrCl3N4O.H2S/c19-14-7-15-17(24-16(14)22)25-18(23-15)26-3-1-2-13(8-26)27-9-10-4-11(20)6-12(21)5-10;/h4-7,13H,1-3,8-9H2,(H,23,24,25);1H2/t13-;/m0./s1. The molecule has 1 aliphatic rings. The van der Waals surface area contributed by atoms with Gasteiger partial charge in [-0.15, -0.1) is 0 Å². The molecule has 1 N–H and O–H groups in total. The van der Waals surface area contributed by atoms with Crippen molar-refractivity contribution in [2.24, 2.45) is 0 Å². The maximum absolute atomic E-state index is 6.10. The number of pyridine rings is 1. The van der Waals surface area contributed by atoms with Crippen LogP contribution in [-0.4, -0.2) is 34.1 Å². The maximum atomic E-state index is 6.10. The minimum atomic E-state index is 0. The Hall–Kier alpha value is -0.700. The third-order valence-corrected chi connectivity index (χ3v) is 6.01. The first-order valence-electron chi connectivity index (χ1n) is 8.51. The molecule has 0 spiro atoms. The first-order chi connectivity index (χ1) is 13.0. The summed E-state index contributed by atoms with van der Waals surface area (Å²) >= 11 is 21.6. The largest absolute Gasteiger partial charge is 0.372 e. The van der Waals surface area contributed by atoms with E-state index in [4.69, 9.17) is 39.5 Å². The van der Waals surface area contributed by atoms with Crippen LogP contribution in [0.1, 0.15) is 18.4 Å². The van der Waals surface area contributed by atoms with Gasteiger partial charge in [-0.2, -0.15) is 18.5 Å². The zero-order valence-corrected chi connectivity index (χ0v) is 19.5. The molecule has 0 unspecified atom stereocenters. The van der Waals surface area contributed by atoms with Crippen molar-refractivity contribution in [3.05, 3.63) is 49.5 Å². The molecule has 0 saturated carbocycles. The Bertz CT molecular complexity index is 928. The van der Waals surface area contributed by atoms with E-state index in [-0.39, 0.29) is 19.6 Å². The Morgan fingerprint density at radius 1 is 1.14 bits per heavy atom. The summed E-state index contributed by atoms with van der Waals surface area (Å²) in [4.78, 5) is 14.4. The predicted molar refractivity (Wildman–Crippen MR) is 123 cm³/mol. The average Bonchev–Trinajstić information content (AvgIpc) is 3.03. The van der Waals surface area contributed by atoms with E-state index in [1.807, 2.05) is 18.2 Å². The Labute approximate surface area is 193 Å². The Morgan fingerprint density at radius 3 is 2.64 bits per heavy atom. The number of halogens is 4. The van der Waals surface area contributed by atoms with E-state index >= 15 is 0 Å². The van der Waals surface area contributed by atoms with E-state index in [1.54, 1.807) is 6.07 Å². The molecule has 3 heterocycles. The lowest BCUT2D eigenvalue weighted by molar-refractivity contribution is 0.0313. The zero-order valence-electron chi connectivity index (χ0n) is 14.7. The molecule has 2 aromatic heterocycles. The molecule has 0 aliphatic carbocycles. The highest BCUT2D eigenvalue weighted by atomic mass is 79.9. The molecule has 1 aromatic carbocycles. The number of anilines is 1.